The predicted octanol–water partition coefficient (Wildman–Crippen LogP) is 3.30. The zero-order chi connectivity index (χ0) is 19.7. The monoisotopic (exact) mass is 398 g/mol. The highest BCUT2D eigenvalue weighted by molar-refractivity contribution is 6.31. The normalized spacial score (nSPS) is 23.6. The third-order valence-electron chi connectivity index (χ3n) is 5.89. The fourth-order valence-electron chi connectivity index (χ4n) is 4.45. The Morgan fingerprint density at radius 1 is 1.29 bits per heavy atom. The highest BCUT2D eigenvalue weighted by Gasteiger charge is 2.54. The molecule has 0 saturated carbocycles. The van der Waals surface area contributed by atoms with Gasteiger partial charge in [-0.05, 0) is 42.2 Å². The molecule has 146 valence electrons. The molecule has 28 heavy (non-hydrogen) atoms. The van der Waals surface area contributed by atoms with Crippen molar-refractivity contribution < 1.29 is 14.3 Å². The number of ether oxygens (including phenoxy) is 1. The molecule has 0 spiro atoms. The molecule has 2 fully saturated rings. The third kappa shape index (κ3) is 3.24. The lowest BCUT2D eigenvalue weighted by Gasteiger charge is -2.29. The number of carbonyl (C=O) groups is 2. The molecule has 0 aromatic heterocycles. The van der Waals surface area contributed by atoms with Crippen LogP contribution < -0.4 is 10.1 Å². The Balaban J connectivity index is 1.62. The molecule has 2 aromatic rings. The van der Waals surface area contributed by atoms with Crippen LogP contribution in [0.3, 0.4) is 0 Å². The Morgan fingerprint density at radius 3 is 2.86 bits per heavy atom. The van der Waals surface area contributed by atoms with Gasteiger partial charge >= 0.3 is 0 Å². The zero-order valence-electron chi connectivity index (χ0n) is 15.8. The van der Waals surface area contributed by atoms with E-state index in [1.807, 2.05) is 47.4 Å². The second-order valence-electron chi connectivity index (χ2n) is 7.51. The number of carbonyl (C=O) groups excluding carboxylic acids is 2. The molecular formula is C22H23ClN2O3. The van der Waals surface area contributed by atoms with Crippen LogP contribution >= 0.6 is 11.6 Å². The van der Waals surface area contributed by atoms with E-state index in [0.29, 0.717) is 31.0 Å². The Labute approximate surface area is 169 Å². The van der Waals surface area contributed by atoms with Crippen LogP contribution in [-0.4, -0.2) is 36.4 Å². The zero-order valence-corrected chi connectivity index (χ0v) is 16.5. The van der Waals surface area contributed by atoms with E-state index in [-0.39, 0.29) is 17.9 Å². The van der Waals surface area contributed by atoms with Gasteiger partial charge in [-0.3, -0.25) is 9.59 Å². The van der Waals surface area contributed by atoms with Crippen LogP contribution in [0.5, 0.6) is 5.75 Å². The van der Waals surface area contributed by atoms with Crippen molar-refractivity contribution in [2.24, 2.45) is 0 Å². The number of hydrogen-bond acceptors (Lipinski definition) is 3. The Morgan fingerprint density at radius 2 is 2.11 bits per heavy atom. The van der Waals surface area contributed by atoms with Gasteiger partial charge in [0.25, 0.3) is 0 Å². The average Bonchev–Trinajstić information content (AvgIpc) is 3.26. The third-order valence-corrected chi connectivity index (χ3v) is 6.22. The lowest BCUT2D eigenvalue weighted by atomic mass is 9.76. The van der Waals surface area contributed by atoms with Gasteiger partial charge in [0.2, 0.25) is 11.8 Å². The van der Waals surface area contributed by atoms with E-state index in [9.17, 15) is 9.59 Å². The molecule has 2 amide bonds. The molecule has 6 heteroatoms. The molecule has 4 rings (SSSR count). The molecule has 2 saturated heterocycles. The van der Waals surface area contributed by atoms with Crippen molar-refractivity contribution in [2.75, 3.05) is 13.7 Å². The topological polar surface area (TPSA) is 58.6 Å². The molecule has 2 heterocycles. The molecule has 2 aliphatic heterocycles. The van der Waals surface area contributed by atoms with Crippen LogP contribution in [0.2, 0.25) is 5.02 Å². The Hall–Kier alpha value is -2.53. The smallest absolute Gasteiger partial charge is 0.232 e. The molecule has 2 atom stereocenters. The first kappa shape index (κ1) is 18.8. The summed E-state index contributed by atoms with van der Waals surface area (Å²) < 4.78 is 5.25. The largest absolute Gasteiger partial charge is 0.497 e. The fourth-order valence-corrected chi connectivity index (χ4v) is 4.76. The minimum atomic E-state index is -0.821. The second-order valence-corrected chi connectivity index (χ2v) is 7.92. The van der Waals surface area contributed by atoms with Crippen molar-refractivity contribution in [3.05, 3.63) is 64.7 Å². The summed E-state index contributed by atoms with van der Waals surface area (Å²) in [5.74, 6) is 0.782. The van der Waals surface area contributed by atoms with Gasteiger partial charge in [-0.15, -0.1) is 0 Å². The molecule has 0 radical (unpaired) electrons. The van der Waals surface area contributed by atoms with Crippen LogP contribution in [0, 0.1) is 0 Å². The second kappa shape index (κ2) is 7.47. The molecule has 0 bridgehead atoms. The standard InChI is InChI=1S/C22H23ClN2O3/c1-28-17-6-4-5-15(11-17)13-24-21(27)22(18-7-2-3-8-19(18)23)12-16-9-10-20(26)25(16)14-22/h2-8,11,16H,9-10,12-14H2,1H3,(H,24,27)/t16-,22-/m0/s1. The molecule has 0 unspecified atom stereocenters. The minimum Gasteiger partial charge on any atom is -0.497 e. The van der Waals surface area contributed by atoms with Gasteiger partial charge in [-0.1, -0.05) is 41.9 Å². The van der Waals surface area contributed by atoms with Crippen molar-refractivity contribution in [2.45, 2.75) is 37.3 Å². The van der Waals surface area contributed by atoms with Crippen molar-refractivity contribution in [3.63, 3.8) is 0 Å². The summed E-state index contributed by atoms with van der Waals surface area (Å²) >= 11 is 6.49. The number of amides is 2. The van der Waals surface area contributed by atoms with Crippen molar-refractivity contribution in [1.82, 2.24) is 10.2 Å². The molecule has 1 N–H and O–H groups in total. The molecular weight excluding hydrogens is 376 g/mol. The van der Waals surface area contributed by atoms with Gasteiger partial charge in [-0.25, -0.2) is 0 Å². The molecule has 2 aliphatic rings. The van der Waals surface area contributed by atoms with Gasteiger partial charge in [0.05, 0.1) is 12.5 Å². The maximum atomic E-state index is 13.4. The predicted molar refractivity (Wildman–Crippen MR) is 107 cm³/mol. The minimum absolute atomic E-state index is 0.0920. The van der Waals surface area contributed by atoms with Gasteiger partial charge in [0.15, 0.2) is 0 Å². The molecule has 5 nitrogen and oxygen atoms in total. The number of nitrogens with one attached hydrogen (secondary N) is 1. The molecule has 0 aliphatic carbocycles. The van der Waals surface area contributed by atoms with E-state index in [1.54, 1.807) is 13.2 Å². The van der Waals surface area contributed by atoms with E-state index in [0.717, 1.165) is 23.3 Å². The number of nitrogens with zero attached hydrogens (tertiary/aromatic N) is 1. The number of halogens is 1. The first-order valence-electron chi connectivity index (χ1n) is 9.49. The average molecular weight is 399 g/mol. The van der Waals surface area contributed by atoms with Gasteiger partial charge in [0, 0.05) is 30.6 Å². The maximum absolute atomic E-state index is 13.4. The maximum Gasteiger partial charge on any atom is 0.232 e. The van der Waals surface area contributed by atoms with Crippen molar-refractivity contribution in [3.8, 4) is 5.75 Å². The number of methoxy groups -OCH3 is 1. The van der Waals surface area contributed by atoms with Crippen LogP contribution in [-0.2, 0) is 21.5 Å². The van der Waals surface area contributed by atoms with Crippen LogP contribution in [0.25, 0.3) is 0 Å². The Bertz CT molecular complexity index is 916. The summed E-state index contributed by atoms with van der Waals surface area (Å²) in [5.41, 5.74) is 0.927. The van der Waals surface area contributed by atoms with Gasteiger partial charge in [-0.2, -0.15) is 0 Å². The number of hydrogen-bond donors (Lipinski definition) is 1. The van der Waals surface area contributed by atoms with Crippen LogP contribution in [0.4, 0.5) is 0 Å². The van der Waals surface area contributed by atoms with Crippen molar-refractivity contribution >= 4 is 23.4 Å². The van der Waals surface area contributed by atoms with Crippen molar-refractivity contribution in [1.29, 1.82) is 0 Å². The van der Waals surface area contributed by atoms with E-state index in [4.69, 9.17) is 16.3 Å². The molecule has 2 aromatic carbocycles. The van der Waals surface area contributed by atoms with E-state index in [1.165, 1.54) is 0 Å². The summed E-state index contributed by atoms with van der Waals surface area (Å²) in [6.07, 6.45) is 1.97. The summed E-state index contributed by atoms with van der Waals surface area (Å²) in [7, 11) is 1.62. The summed E-state index contributed by atoms with van der Waals surface area (Å²) in [5, 5.41) is 3.63. The SMILES string of the molecule is COc1cccc(CNC(=O)[C@@]2(c3ccccc3Cl)C[C@@H]3CCC(=O)N3C2)c1. The van der Waals surface area contributed by atoms with Gasteiger partial charge < -0.3 is 15.0 Å². The van der Waals surface area contributed by atoms with Crippen LogP contribution in [0.15, 0.2) is 48.5 Å². The number of fused-ring (bicyclic) bond motifs is 1. The van der Waals surface area contributed by atoms with Crippen LogP contribution in [0.1, 0.15) is 30.4 Å². The lowest BCUT2D eigenvalue weighted by molar-refractivity contribution is -0.129. The Kier molecular flexibility index (Phi) is 5.02. The first-order valence-corrected chi connectivity index (χ1v) is 9.87. The fraction of sp³-hybridized carbons (Fsp3) is 0.364. The highest BCUT2D eigenvalue weighted by Crippen LogP contribution is 2.45. The van der Waals surface area contributed by atoms with E-state index in [2.05, 4.69) is 5.32 Å². The first-order chi connectivity index (χ1) is 13.5. The summed E-state index contributed by atoms with van der Waals surface area (Å²) in [6.45, 7) is 0.769. The quantitative estimate of drug-likeness (QED) is 0.840. The summed E-state index contributed by atoms with van der Waals surface area (Å²) in [6, 6.07) is 15.2. The van der Waals surface area contributed by atoms with E-state index >= 15 is 0 Å². The summed E-state index contributed by atoms with van der Waals surface area (Å²) in [4.78, 5) is 27.6. The lowest BCUT2D eigenvalue weighted by Crippen LogP contribution is -2.47. The number of rotatable bonds is 5. The number of benzene rings is 2. The highest BCUT2D eigenvalue weighted by atomic mass is 35.5. The van der Waals surface area contributed by atoms with Gasteiger partial charge in [0.1, 0.15) is 5.75 Å². The van der Waals surface area contributed by atoms with E-state index < -0.39 is 5.41 Å².